The number of benzene rings is 4. The van der Waals surface area contributed by atoms with Crippen LogP contribution in [0.15, 0.2) is 72.8 Å². The third-order valence-corrected chi connectivity index (χ3v) is 7.50. The number of carbonyl (C=O) groups excluding carboxylic acids is 1. The number of methoxy groups -OCH3 is 1. The number of hydrogen-bond donors (Lipinski definition) is 2. The molecule has 37 heavy (non-hydrogen) atoms. The molecule has 5 heteroatoms. The van der Waals surface area contributed by atoms with Crippen LogP contribution < -0.4 is 9.64 Å². The number of hydrogen-bond acceptors (Lipinski definition) is 4. The van der Waals surface area contributed by atoms with E-state index in [0.717, 1.165) is 27.9 Å². The molecule has 4 aromatic carbocycles. The molecule has 0 bridgehead atoms. The predicted octanol–water partition coefficient (Wildman–Crippen LogP) is 6.22. The van der Waals surface area contributed by atoms with E-state index in [2.05, 4.69) is 0 Å². The number of aromatic hydroxyl groups is 2. The van der Waals surface area contributed by atoms with Crippen LogP contribution >= 0.6 is 0 Å². The third kappa shape index (κ3) is 3.73. The molecule has 0 unspecified atom stereocenters. The molecule has 0 radical (unpaired) electrons. The van der Waals surface area contributed by atoms with Crippen molar-refractivity contribution in [2.45, 2.75) is 39.7 Å². The molecule has 0 fully saturated rings. The van der Waals surface area contributed by atoms with E-state index in [-0.39, 0.29) is 17.4 Å². The zero-order valence-electron chi connectivity index (χ0n) is 21.8. The van der Waals surface area contributed by atoms with Gasteiger partial charge in [-0.25, -0.2) is 0 Å². The Morgan fingerprint density at radius 2 is 1.27 bits per heavy atom. The van der Waals surface area contributed by atoms with Gasteiger partial charge in [0.15, 0.2) is 0 Å². The van der Waals surface area contributed by atoms with E-state index in [1.54, 1.807) is 7.11 Å². The SMILES string of the molecule is COc1ccc2c(c1)C(c1cc(C)c(O)c(C)c1)(c1cc(C)c(O)c(C)c1)C(=O)N2Cc1ccccc1. The highest BCUT2D eigenvalue weighted by Crippen LogP contribution is 2.53. The predicted molar refractivity (Wildman–Crippen MR) is 146 cm³/mol. The number of anilines is 1. The first-order valence-electron chi connectivity index (χ1n) is 12.3. The maximum absolute atomic E-state index is 14.9. The molecule has 0 spiro atoms. The molecule has 2 N–H and O–H groups in total. The van der Waals surface area contributed by atoms with E-state index in [0.29, 0.717) is 34.5 Å². The van der Waals surface area contributed by atoms with Crippen molar-refractivity contribution in [1.82, 2.24) is 0 Å². The second-order valence-electron chi connectivity index (χ2n) is 9.93. The minimum absolute atomic E-state index is 0.0893. The van der Waals surface area contributed by atoms with Gasteiger partial charge < -0.3 is 19.8 Å². The number of carbonyl (C=O) groups is 1. The minimum atomic E-state index is -1.20. The molecule has 0 aliphatic carbocycles. The molecular weight excluding hydrogens is 462 g/mol. The number of fused-ring (bicyclic) bond motifs is 1. The fourth-order valence-electron chi connectivity index (χ4n) is 5.60. The van der Waals surface area contributed by atoms with Crippen LogP contribution in [0.4, 0.5) is 5.69 Å². The van der Waals surface area contributed by atoms with Crippen LogP contribution in [0.1, 0.15) is 44.5 Å². The summed E-state index contributed by atoms with van der Waals surface area (Å²) in [6, 6.07) is 23.3. The topological polar surface area (TPSA) is 70.0 Å². The summed E-state index contributed by atoms with van der Waals surface area (Å²) in [6.45, 7) is 7.80. The van der Waals surface area contributed by atoms with Crippen molar-refractivity contribution in [1.29, 1.82) is 0 Å². The summed E-state index contributed by atoms with van der Waals surface area (Å²) in [5.41, 5.74) is 5.74. The first kappa shape index (κ1) is 24.4. The summed E-state index contributed by atoms with van der Waals surface area (Å²) in [5.74, 6) is 0.995. The van der Waals surface area contributed by atoms with Crippen LogP contribution in [-0.4, -0.2) is 23.2 Å². The second kappa shape index (κ2) is 9.00. The summed E-state index contributed by atoms with van der Waals surface area (Å²) in [6.07, 6.45) is 0. The van der Waals surface area contributed by atoms with Gasteiger partial charge in [0, 0.05) is 11.3 Å². The Kier molecular flexibility index (Phi) is 5.95. The second-order valence-corrected chi connectivity index (χ2v) is 9.93. The molecule has 4 aromatic rings. The van der Waals surface area contributed by atoms with Crippen molar-refractivity contribution >= 4 is 11.6 Å². The average Bonchev–Trinajstić information content (AvgIpc) is 3.13. The summed E-state index contributed by atoms with van der Waals surface area (Å²) >= 11 is 0. The molecule has 0 saturated heterocycles. The fourth-order valence-corrected chi connectivity index (χ4v) is 5.60. The van der Waals surface area contributed by atoms with E-state index in [9.17, 15) is 15.0 Å². The van der Waals surface area contributed by atoms with Crippen molar-refractivity contribution in [3.63, 3.8) is 0 Å². The number of amides is 1. The molecule has 1 aliphatic rings. The van der Waals surface area contributed by atoms with Crippen molar-refractivity contribution in [2.75, 3.05) is 12.0 Å². The summed E-state index contributed by atoms with van der Waals surface area (Å²) < 4.78 is 5.62. The lowest BCUT2D eigenvalue weighted by atomic mass is 9.69. The highest BCUT2D eigenvalue weighted by atomic mass is 16.5. The van der Waals surface area contributed by atoms with Crippen molar-refractivity contribution < 1.29 is 19.7 Å². The third-order valence-electron chi connectivity index (χ3n) is 7.50. The van der Waals surface area contributed by atoms with Gasteiger partial charge in [-0.3, -0.25) is 4.79 Å². The molecular formula is C32H31NO4. The Morgan fingerprint density at radius 3 is 1.76 bits per heavy atom. The van der Waals surface area contributed by atoms with Gasteiger partial charge in [-0.1, -0.05) is 54.6 Å². The lowest BCUT2D eigenvalue weighted by molar-refractivity contribution is -0.120. The zero-order valence-corrected chi connectivity index (χ0v) is 21.8. The van der Waals surface area contributed by atoms with Crippen LogP contribution in [0.5, 0.6) is 17.2 Å². The largest absolute Gasteiger partial charge is 0.507 e. The summed E-state index contributed by atoms with van der Waals surface area (Å²) in [5, 5.41) is 21.2. The average molecular weight is 494 g/mol. The molecule has 5 nitrogen and oxygen atoms in total. The zero-order chi connectivity index (χ0) is 26.5. The van der Waals surface area contributed by atoms with Crippen molar-refractivity contribution in [3.8, 4) is 17.2 Å². The molecule has 5 rings (SSSR count). The smallest absolute Gasteiger partial charge is 0.247 e. The molecule has 0 aromatic heterocycles. The minimum Gasteiger partial charge on any atom is -0.507 e. The first-order chi connectivity index (χ1) is 17.7. The fraction of sp³-hybridized carbons (Fsp3) is 0.219. The first-order valence-corrected chi connectivity index (χ1v) is 12.3. The Hall–Kier alpha value is -4.25. The van der Waals surface area contributed by atoms with Gasteiger partial charge in [-0.15, -0.1) is 0 Å². The van der Waals surface area contributed by atoms with E-state index < -0.39 is 5.41 Å². The number of ether oxygens (including phenoxy) is 1. The van der Waals surface area contributed by atoms with Crippen molar-refractivity contribution in [2.24, 2.45) is 0 Å². The van der Waals surface area contributed by atoms with Crippen molar-refractivity contribution in [3.05, 3.63) is 117 Å². The van der Waals surface area contributed by atoms with E-state index in [4.69, 9.17) is 4.74 Å². The maximum atomic E-state index is 14.9. The molecule has 0 saturated carbocycles. The number of aryl methyl sites for hydroxylation is 4. The number of phenolic OH excluding ortho intramolecular Hbond substituents is 2. The van der Waals surface area contributed by atoms with Gasteiger partial charge in [0.25, 0.3) is 0 Å². The molecule has 1 heterocycles. The summed E-state index contributed by atoms with van der Waals surface area (Å²) in [7, 11) is 1.62. The Balaban J connectivity index is 1.88. The van der Waals surface area contributed by atoms with Crippen LogP contribution in [0.2, 0.25) is 0 Å². The van der Waals surface area contributed by atoms with E-state index in [1.807, 2.05) is 105 Å². The highest BCUT2D eigenvalue weighted by Gasteiger charge is 2.54. The monoisotopic (exact) mass is 493 g/mol. The van der Waals surface area contributed by atoms with E-state index in [1.165, 1.54) is 0 Å². The van der Waals surface area contributed by atoms with Crippen LogP contribution in [0, 0.1) is 27.7 Å². The van der Waals surface area contributed by atoms with Gasteiger partial charge in [0.1, 0.15) is 22.7 Å². The Morgan fingerprint density at radius 1 is 0.757 bits per heavy atom. The van der Waals surface area contributed by atoms with Gasteiger partial charge in [0.05, 0.1) is 13.7 Å². The number of rotatable bonds is 5. The van der Waals surface area contributed by atoms with E-state index >= 15 is 0 Å². The van der Waals surface area contributed by atoms with Gasteiger partial charge >= 0.3 is 0 Å². The Bertz CT molecular complexity index is 1420. The maximum Gasteiger partial charge on any atom is 0.247 e. The molecule has 1 aliphatic heterocycles. The van der Waals surface area contributed by atoms with Gasteiger partial charge in [-0.05, 0) is 84.8 Å². The van der Waals surface area contributed by atoms with Crippen LogP contribution in [0.3, 0.4) is 0 Å². The number of nitrogens with zero attached hydrogens (tertiary/aromatic N) is 1. The number of phenols is 2. The Labute approximate surface area is 217 Å². The lowest BCUT2D eigenvalue weighted by Gasteiger charge is -2.32. The molecule has 0 atom stereocenters. The molecule has 188 valence electrons. The quantitative estimate of drug-likeness (QED) is 0.346. The normalized spacial score (nSPS) is 14.1. The highest BCUT2D eigenvalue weighted by molar-refractivity contribution is 6.13. The summed E-state index contributed by atoms with van der Waals surface area (Å²) in [4.78, 5) is 16.7. The van der Waals surface area contributed by atoms with Crippen LogP contribution in [-0.2, 0) is 16.8 Å². The van der Waals surface area contributed by atoms with Gasteiger partial charge in [0.2, 0.25) is 5.91 Å². The van der Waals surface area contributed by atoms with Gasteiger partial charge in [-0.2, -0.15) is 0 Å². The lowest BCUT2D eigenvalue weighted by Crippen LogP contribution is -2.42. The van der Waals surface area contributed by atoms with Crippen LogP contribution in [0.25, 0.3) is 0 Å². The molecule has 1 amide bonds. The standard InChI is InChI=1S/C32H31NO4/c1-19-13-24(14-20(2)29(19)34)32(25-15-21(3)30(35)22(4)16-25)27-17-26(37-5)11-12-28(27)33(31(32)36)18-23-9-7-6-8-10-23/h6-17,34-35H,18H2,1-5H3.